The third kappa shape index (κ3) is 5.51. The zero-order chi connectivity index (χ0) is 14.0. The predicted octanol–water partition coefficient (Wildman–Crippen LogP) is 3.52. The molecule has 3 heteroatoms. The van der Waals surface area contributed by atoms with Crippen LogP contribution in [-0.2, 0) is 11.3 Å². The van der Waals surface area contributed by atoms with Crippen LogP contribution in [0.3, 0.4) is 0 Å². The van der Waals surface area contributed by atoms with Gasteiger partial charge in [-0.3, -0.25) is 0 Å². The lowest BCUT2D eigenvalue weighted by Crippen LogP contribution is -2.32. The second-order valence-electron chi connectivity index (χ2n) is 5.46. The van der Waals surface area contributed by atoms with Gasteiger partial charge in [-0.2, -0.15) is 0 Å². The van der Waals surface area contributed by atoms with Crippen molar-refractivity contribution in [2.45, 2.75) is 51.7 Å². The fourth-order valence-electron chi connectivity index (χ4n) is 2.40. The van der Waals surface area contributed by atoms with Crippen LogP contribution >= 0.6 is 0 Å². The maximum atomic E-state index is 5.94. The van der Waals surface area contributed by atoms with E-state index in [1.807, 2.05) is 12.1 Å². The molecule has 3 nitrogen and oxygen atoms in total. The molecule has 0 bridgehead atoms. The number of hydrogen-bond donors (Lipinski definition) is 1. The minimum atomic E-state index is 0.418. The SMILES string of the molecule is CCCCCOc1ccc(COC2CCNCC2)cc1. The van der Waals surface area contributed by atoms with Crippen molar-refractivity contribution in [3.8, 4) is 5.75 Å². The van der Waals surface area contributed by atoms with Crippen LogP contribution < -0.4 is 10.1 Å². The first-order chi connectivity index (χ1) is 9.88. The highest BCUT2D eigenvalue weighted by Crippen LogP contribution is 2.15. The van der Waals surface area contributed by atoms with E-state index in [0.29, 0.717) is 12.7 Å². The zero-order valence-electron chi connectivity index (χ0n) is 12.6. The first-order valence-corrected chi connectivity index (χ1v) is 7.92. The van der Waals surface area contributed by atoms with Gasteiger partial charge in [-0.25, -0.2) is 0 Å². The lowest BCUT2D eigenvalue weighted by atomic mass is 10.1. The van der Waals surface area contributed by atoms with E-state index in [1.165, 1.54) is 18.4 Å². The molecule has 0 radical (unpaired) electrons. The molecule has 1 aromatic carbocycles. The maximum Gasteiger partial charge on any atom is 0.119 e. The van der Waals surface area contributed by atoms with Crippen molar-refractivity contribution < 1.29 is 9.47 Å². The Bertz CT molecular complexity index is 358. The highest BCUT2D eigenvalue weighted by molar-refractivity contribution is 5.26. The summed E-state index contributed by atoms with van der Waals surface area (Å²) in [5.41, 5.74) is 1.23. The molecule has 0 spiro atoms. The van der Waals surface area contributed by atoms with Gasteiger partial charge in [0, 0.05) is 0 Å². The fraction of sp³-hybridized carbons (Fsp3) is 0.647. The molecule has 112 valence electrons. The Kier molecular flexibility index (Phi) is 6.89. The van der Waals surface area contributed by atoms with E-state index in [-0.39, 0.29) is 0 Å². The molecule has 0 aliphatic carbocycles. The third-order valence-corrected chi connectivity index (χ3v) is 3.71. The minimum absolute atomic E-state index is 0.418. The molecular formula is C17H27NO2. The second kappa shape index (κ2) is 8.98. The van der Waals surface area contributed by atoms with E-state index in [2.05, 4.69) is 24.4 Å². The Morgan fingerprint density at radius 3 is 2.55 bits per heavy atom. The summed E-state index contributed by atoms with van der Waals surface area (Å²) in [6, 6.07) is 8.31. The number of nitrogens with one attached hydrogen (secondary N) is 1. The van der Waals surface area contributed by atoms with Crippen molar-refractivity contribution in [3.05, 3.63) is 29.8 Å². The average Bonchev–Trinajstić information content (AvgIpc) is 2.52. The topological polar surface area (TPSA) is 30.5 Å². The van der Waals surface area contributed by atoms with Crippen molar-refractivity contribution in [1.29, 1.82) is 0 Å². The van der Waals surface area contributed by atoms with E-state index < -0.39 is 0 Å². The molecule has 0 saturated carbocycles. The number of ether oxygens (including phenoxy) is 2. The summed E-state index contributed by atoms with van der Waals surface area (Å²) in [5.74, 6) is 0.965. The number of benzene rings is 1. The van der Waals surface area contributed by atoms with Gasteiger partial charge in [0.05, 0.1) is 19.3 Å². The van der Waals surface area contributed by atoms with E-state index in [4.69, 9.17) is 9.47 Å². The quantitative estimate of drug-likeness (QED) is 0.737. The molecule has 1 aliphatic heterocycles. The summed E-state index contributed by atoms with van der Waals surface area (Å²) in [4.78, 5) is 0. The Balaban J connectivity index is 1.68. The van der Waals surface area contributed by atoms with Gasteiger partial charge >= 0.3 is 0 Å². The van der Waals surface area contributed by atoms with E-state index in [0.717, 1.165) is 44.7 Å². The number of rotatable bonds is 8. The Morgan fingerprint density at radius 1 is 1.10 bits per heavy atom. The van der Waals surface area contributed by atoms with Crippen LogP contribution in [0.15, 0.2) is 24.3 Å². The predicted molar refractivity (Wildman–Crippen MR) is 82.1 cm³/mol. The summed E-state index contributed by atoms with van der Waals surface area (Å²) < 4.78 is 11.6. The van der Waals surface area contributed by atoms with Crippen molar-refractivity contribution in [1.82, 2.24) is 5.32 Å². The highest BCUT2D eigenvalue weighted by Gasteiger charge is 2.12. The van der Waals surface area contributed by atoms with Crippen LogP contribution in [0.5, 0.6) is 5.75 Å². The van der Waals surface area contributed by atoms with Gasteiger partial charge in [-0.05, 0) is 50.0 Å². The summed E-state index contributed by atoms with van der Waals surface area (Å²) in [7, 11) is 0. The molecular weight excluding hydrogens is 250 g/mol. The highest BCUT2D eigenvalue weighted by atomic mass is 16.5. The number of unbranched alkanes of at least 4 members (excludes halogenated alkanes) is 2. The van der Waals surface area contributed by atoms with Gasteiger partial charge < -0.3 is 14.8 Å². The number of piperidine rings is 1. The molecule has 1 fully saturated rings. The van der Waals surface area contributed by atoms with Gasteiger partial charge in [0.25, 0.3) is 0 Å². The lowest BCUT2D eigenvalue weighted by Gasteiger charge is -2.23. The zero-order valence-corrected chi connectivity index (χ0v) is 12.6. The van der Waals surface area contributed by atoms with Gasteiger partial charge in [0.1, 0.15) is 5.75 Å². The Morgan fingerprint density at radius 2 is 1.85 bits per heavy atom. The summed E-state index contributed by atoms with van der Waals surface area (Å²) >= 11 is 0. The smallest absolute Gasteiger partial charge is 0.119 e. The van der Waals surface area contributed by atoms with Gasteiger partial charge in [-0.15, -0.1) is 0 Å². The first kappa shape index (κ1) is 15.3. The minimum Gasteiger partial charge on any atom is -0.494 e. The monoisotopic (exact) mass is 277 g/mol. The largest absolute Gasteiger partial charge is 0.494 e. The molecule has 20 heavy (non-hydrogen) atoms. The average molecular weight is 277 g/mol. The van der Waals surface area contributed by atoms with E-state index in [1.54, 1.807) is 0 Å². The van der Waals surface area contributed by atoms with E-state index in [9.17, 15) is 0 Å². The van der Waals surface area contributed by atoms with Crippen molar-refractivity contribution >= 4 is 0 Å². The molecule has 0 unspecified atom stereocenters. The van der Waals surface area contributed by atoms with Crippen LogP contribution in [-0.4, -0.2) is 25.8 Å². The molecule has 1 aliphatic rings. The van der Waals surface area contributed by atoms with Gasteiger partial charge in [0.2, 0.25) is 0 Å². The van der Waals surface area contributed by atoms with Crippen LogP contribution in [0.1, 0.15) is 44.6 Å². The van der Waals surface area contributed by atoms with Gasteiger partial charge in [0.15, 0.2) is 0 Å². The summed E-state index contributed by atoms with van der Waals surface area (Å²) in [6.07, 6.45) is 6.27. The van der Waals surface area contributed by atoms with Crippen LogP contribution in [0, 0.1) is 0 Å². The summed E-state index contributed by atoms with van der Waals surface area (Å²) in [6.45, 7) is 5.89. The van der Waals surface area contributed by atoms with Crippen molar-refractivity contribution in [2.75, 3.05) is 19.7 Å². The van der Waals surface area contributed by atoms with Crippen LogP contribution in [0.25, 0.3) is 0 Å². The second-order valence-corrected chi connectivity index (χ2v) is 5.46. The molecule has 1 saturated heterocycles. The lowest BCUT2D eigenvalue weighted by molar-refractivity contribution is 0.0212. The molecule has 0 aromatic heterocycles. The first-order valence-electron chi connectivity index (χ1n) is 7.92. The molecule has 2 rings (SSSR count). The Hall–Kier alpha value is -1.06. The standard InChI is InChI=1S/C17H27NO2/c1-2-3-4-13-19-16-7-5-15(6-8-16)14-20-17-9-11-18-12-10-17/h5-8,17-18H,2-4,9-14H2,1H3. The normalized spacial score (nSPS) is 16.2. The third-order valence-electron chi connectivity index (χ3n) is 3.71. The maximum absolute atomic E-state index is 5.94. The van der Waals surface area contributed by atoms with Crippen molar-refractivity contribution in [3.63, 3.8) is 0 Å². The van der Waals surface area contributed by atoms with Crippen LogP contribution in [0.4, 0.5) is 0 Å². The van der Waals surface area contributed by atoms with Crippen LogP contribution in [0.2, 0.25) is 0 Å². The molecule has 1 heterocycles. The Labute approximate surface area is 122 Å². The van der Waals surface area contributed by atoms with Crippen molar-refractivity contribution in [2.24, 2.45) is 0 Å². The van der Waals surface area contributed by atoms with Gasteiger partial charge in [-0.1, -0.05) is 31.9 Å². The molecule has 1 N–H and O–H groups in total. The molecule has 1 aromatic rings. The molecule has 0 atom stereocenters. The number of hydrogen-bond acceptors (Lipinski definition) is 3. The summed E-state index contributed by atoms with van der Waals surface area (Å²) in [5, 5.41) is 3.35. The fourth-order valence-corrected chi connectivity index (χ4v) is 2.40. The van der Waals surface area contributed by atoms with E-state index >= 15 is 0 Å². The molecule has 0 amide bonds.